The van der Waals surface area contributed by atoms with Crippen LogP contribution in [-0.4, -0.2) is 30.7 Å². The smallest absolute Gasteiger partial charge is 0.183 e. The maximum Gasteiger partial charge on any atom is 0.183 e. The van der Waals surface area contributed by atoms with E-state index in [4.69, 9.17) is 9.47 Å². The van der Waals surface area contributed by atoms with Gasteiger partial charge in [0.1, 0.15) is 6.10 Å². The summed E-state index contributed by atoms with van der Waals surface area (Å²) in [6.07, 6.45) is -0.617. The quantitative estimate of drug-likeness (QED) is 0.741. The maximum absolute atomic E-state index is 10.1. The summed E-state index contributed by atoms with van der Waals surface area (Å²) < 4.78 is 10.7. The van der Waals surface area contributed by atoms with Crippen LogP contribution in [0.1, 0.15) is 25.0 Å². The molecule has 1 aromatic carbocycles. The van der Waals surface area contributed by atoms with E-state index in [0.717, 1.165) is 5.56 Å². The highest BCUT2D eigenvalue weighted by Gasteiger charge is 2.19. The number of ether oxygens (including phenoxy) is 2. The van der Waals surface area contributed by atoms with Crippen molar-refractivity contribution in [1.82, 2.24) is 0 Å². The van der Waals surface area contributed by atoms with E-state index in [1.54, 1.807) is 0 Å². The van der Waals surface area contributed by atoms with Gasteiger partial charge in [-0.15, -0.1) is 0 Å². The zero-order chi connectivity index (χ0) is 12.7. The average Bonchev–Trinajstić information content (AvgIpc) is 2.28. The Morgan fingerprint density at radius 2 is 1.82 bits per heavy atom. The topological polar surface area (TPSA) is 38.7 Å². The van der Waals surface area contributed by atoms with Crippen LogP contribution < -0.4 is 0 Å². The van der Waals surface area contributed by atoms with Crippen LogP contribution in [0, 0.1) is 6.92 Å². The van der Waals surface area contributed by atoms with Crippen LogP contribution in [-0.2, 0) is 15.9 Å². The van der Waals surface area contributed by atoms with E-state index >= 15 is 0 Å². The van der Waals surface area contributed by atoms with Gasteiger partial charge in [0, 0.05) is 19.6 Å². The third-order valence-corrected chi connectivity index (χ3v) is 2.50. The molecule has 1 N–H and O–H groups in total. The molecule has 0 aromatic heterocycles. The first-order chi connectivity index (χ1) is 8.17. The van der Waals surface area contributed by atoms with Crippen molar-refractivity contribution in [2.45, 2.75) is 39.6 Å². The third kappa shape index (κ3) is 4.86. The fourth-order valence-corrected chi connectivity index (χ4v) is 1.78. The molecule has 0 spiro atoms. The van der Waals surface area contributed by atoms with Crippen molar-refractivity contribution in [3.05, 3.63) is 35.4 Å². The third-order valence-electron chi connectivity index (χ3n) is 2.50. The summed E-state index contributed by atoms with van der Waals surface area (Å²) >= 11 is 0. The molecule has 0 aliphatic carbocycles. The Morgan fingerprint density at radius 1 is 1.18 bits per heavy atom. The molecule has 0 bridgehead atoms. The Balaban J connectivity index is 2.59. The first kappa shape index (κ1) is 14.2. The predicted molar refractivity (Wildman–Crippen MR) is 67.9 cm³/mol. The van der Waals surface area contributed by atoms with Crippen molar-refractivity contribution >= 4 is 0 Å². The number of hydrogen-bond acceptors (Lipinski definition) is 3. The van der Waals surface area contributed by atoms with Gasteiger partial charge in [-0.1, -0.05) is 29.8 Å². The number of rotatable bonds is 7. The second kappa shape index (κ2) is 7.43. The molecular formula is C14H22O3. The standard InChI is InChI=1S/C14H22O3/c1-4-16-14(17-5-2)13(15)10-12-8-6-7-11(3)9-12/h6-9,13-15H,4-5,10H2,1-3H3. The summed E-state index contributed by atoms with van der Waals surface area (Å²) in [7, 11) is 0. The van der Waals surface area contributed by atoms with Gasteiger partial charge in [-0.2, -0.15) is 0 Å². The van der Waals surface area contributed by atoms with Crippen molar-refractivity contribution in [3.63, 3.8) is 0 Å². The van der Waals surface area contributed by atoms with Crippen molar-refractivity contribution in [2.75, 3.05) is 13.2 Å². The summed E-state index contributed by atoms with van der Waals surface area (Å²) in [5.74, 6) is 0. The molecule has 96 valence electrons. The Morgan fingerprint density at radius 3 is 2.35 bits per heavy atom. The molecule has 1 rings (SSSR count). The number of aliphatic hydroxyl groups excluding tert-OH is 1. The van der Waals surface area contributed by atoms with Gasteiger partial charge < -0.3 is 14.6 Å². The van der Waals surface area contributed by atoms with Gasteiger partial charge in [-0.05, 0) is 26.3 Å². The lowest BCUT2D eigenvalue weighted by Gasteiger charge is -2.22. The molecule has 0 aliphatic rings. The van der Waals surface area contributed by atoms with E-state index in [0.29, 0.717) is 19.6 Å². The summed E-state index contributed by atoms with van der Waals surface area (Å²) in [6, 6.07) is 8.11. The number of aryl methyl sites for hydroxylation is 1. The Bertz CT molecular complexity index is 319. The minimum atomic E-state index is -0.628. The zero-order valence-electron chi connectivity index (χ0n) is 10.8. The number of hydrogen-bond donors (Lipinski definition) is 1. The first-order valence-corrected chi connectivity index (χ1v) is 6.14. The van der Waals surface area contributed by atoms with Crippen LogP contribution in [0.25, 0.3) is 0 Å². The van der Waals surface area contributed by atoms with Crippen molar-refractivity contribution in [3.8, 4) is 0 Å². The van der Waals surface area contributed by atoms with Crippen LogP contribution in [0.2, 0.25) is 0 Å². The molecule has 0 saturated carbocycles. The summed E-state index contributed by atoms with van der Waals surface area (Å²) in [5.41, 5.74) is 2.29. The molecule has 3 heteroatoms. The lowest BCUT2D eigenvalue weighted by Crippen LogP contribution is -2.33. The average molecular weight is 238 g/mol. The minimum absolute atomic E-state index is 0.537. The molecule has 17 heavy (non-hydrogen) atoms. The van der Waals surface area contributed by atoms with Crippen LogP contribution in [0.3, 0.4) is 0 Å². The van der Waals surface area contributed by atoms with Gasteiger partial charge in [-0.3, -0.25) is 0 Å². The summed E-state index contributed by atoms with van der Waals surface area (Å²) in [6.45, 7) is 6.90. The van der Waals surface area contributed by atoms with Crippen LogP contribution in [0.15, 0.2) is 24.3 Å². The first-order valence-electron chi connectivity index (χ1n) is 6.14. The Labute approximate surface area is 103 Å². The highest BCUT2D eigenvalue weighted by Crippen LogP contribution is 2.11. The normalized spacial score (nSPS) is 13.0. The van der Waals surface area contributed by atoms with E-state index in [9.17, 15) is 5.11 Å². The largest absolute Gasteiger partial charge is 0.387 e. The minimum Gasteiger partial charge on any atom is -0.387 e. The van der Waals surface area contributed by atoms with Gasteiger partial charge >= 0.3 is 0 Å². The highest BCUT2D eigenvalue weighted by atomic mass is 16.7. The molecule has 1 unspecified atom stereocenters. The van der Waals surface area contributed by atoms with Gasteiger partial charge in [0.15, 0.2) is 6.29 Å². The SMILES string of the molecule is CCOC(OCC)C(O)Cc1cccc(C)c1. The van der Waals surface area contributed by atoms with E-state index in [1.807, 2.05) is 39.0 Å². The number of benzene rings is 1. The molecule has 0 saturated heterocycles. The fourth-order valence-electron chi connectivity index (χ4n) is 1.78. The monoisotopic (exact) mass is 238 g/mol. The van der Waals surface area contributed by atoms with Gasteiger partial charge in [0.05, 0.1) is 0 Å². The lowest BCUT2D eigenvalue weighted by atomic mass is 10.1. The van der Waals surface area contributed by atoms with Crippen molar-refractivity contribution in [2.24, 2.45) is 0 Å². The fraction of sp³-hybridized carbons (Fsp3) is 0.571. The summed E-state index contributed by atoms with van der Waals surface area (Å²) in [5, 5.41) is 10.1. The van der Waals surface area contributed by atoms with E-state index in [1.165, 1.54) is 5.56 Å². The van der Waals surface area contributed by atoms with E-state index < -0.39 is 12.4 Å². The van der Waals surface area contributed by atoms with E-state index in [-0.39, 0.29) is 0 Å². The second-order valence-corrected chi connectivity index (χ2v) is 4.04. The molecule has 3 nitrogen and oxygen atoms in total. The van der Waals surface area contributed by atoms with Crippen molar-refractivity contribution < 1.29 is 14.6 Å². The Kier molecular flexibility index (Phi) is 6.19. The molecule has 0 fully saturated rings. The molecule has 0 amide bonds. The van der Waals surface area contributed by atoms with Crippen LogP contribution in [0.4, 0.5) is 0 Å². The van der Waals surface area contributed by atoms with Crippen molar-refractivity contribution in [1.29, 1.82) is 0 Å². The lowest BCUT2D eigenvalue weighted by molar-refractivity contribution is -0.188. The summed E-state index contributed by atoms with van der Waals surface area (Å²) in [4.78, 5) is 0. The molecule has 0 radical (unpaired) electrons. The van der Waals surface area contributed by atoms with Crippen LogP contribution >= 0.6 is 0 Å². The predicted octanol–water partition coefficient (Wildman–Crippen LogP) is 2.30. The molecule has 0 heterocycles. The molecular weight excluding hydrogens is 216 g/mol. The molecule has 0 aliphatic heterocycles. The van der Waals surface area contributed by atoms with E-state index in [2.05, 4.69) is 6.07 Å². The zero-order valence-corrected chi connectivity index (χ0v) is 10.8. The second-order valence-electron chi connectivity index (χ2n) is 4.04. The van der Waals surface area contributed by atoms with Gasteiger partial charge in [0.25, 0.3) is 0 Å². The molecule has 1 atom stereocenters. The number of aliphatic hydroxyl groups is 1. The maximum atomic E-state index is 10.1. The molecule has 1 aromatic rings. The van der Waals surface area contributed by atoms with Gasteiger partial charge in [-0.25, -0.2) is 0 Å². The van der Waals surface area contributed by atoms with Crippen LogP contribution in [0.5, 0.6) is 0 Å². The Hall–Kier alpha value is -0.900. The van der Waals surface area contributed by atoms with Gasteiger partial charge in [0.2, 0.25) is 0 Å². The highest BCUT2D eigenvalue weighted by molar-refractivity contribution is 5.22.